The molecule has 0 N–H and O–H groups in total. The number of hydrogen-bond donors (Lipinski definition) is 0. The van der Waals surface area contributed by atoms with Crippen molar-refractivity contribution >= 4 is 38.9 Å². The summed E-state index contributed by atoms with van der Waals surface area (Å²) in [5.74, 6) is 1.33. The Labute approximate surface area is 283 Å². The van der Waals surface area contributed by atoms with Gasteiger partial charge in [-0.3, -0.25) is 0 Å². The van der Waals surface area contributed by atoms with Crippen LogP contribution in [0, 0.1) is 11.7 Å². The van der Waals surface area contributed by atoms with Gasteiger partial charge >= 0.3 is 0 Å². The molecule has 0 saturated heterocycles. The molecule has 0 saturated carbocycles. The maximum atomic E-state index is 15.0. The lowest BCUT2D eigenvalue weighted by Gasteiger charge is -2.28. The molecule has 0 aliphatic heterocycles. The second kappa shape index (κ2) is 14.2. The average Bonchev–Trinajstić information content (AvgIpc) is 3.27. The second-order valence-corrected chi connectivity index (χ2v) is 14.7. The number of rotatable bonds is 10. The summed E-state index contributed by atoms with van der Waals surface area (Å²) in [6.45, 7) is 4.57. The molecule has 2 aliphatic carbocycles. The normalized spacial score (nSPS) is 18.1. The van der Waals surface area contributed by atoms with Gasteiger partial charge in [-0.15, -0.1) is 0 Å². The highest BCUT2D eigenvalue weighted by Crippen LogP contribution is 2.50. The summed E-state index contributed by atoms with van der Waals surface area (Å²) >= 11 is 2.16. The molecule has 0 nitrogen and oxygen atoms in total. The van der Waals surface area contributed by atoms with E-state index in [1.807, 2.05) is 18.2 Å². The van der Waals surface area contributed by atoms with Gasteiger partial charge in [0.2, 0.25) is 0 Å². The minimum absolute atomic E-state index is 0.213. The van der Waals surface area contributed by atoms with Gasteiger partial charge in [-0.2, -0.15) is 11.8 Å². The first kappa shape index (κ1) is 31.9. The van der Waals surface area contributed by atoms with E-state index in [9.17, 15) is 4.39 Å². The largest absolute Gasteiger partial charge is 0.243 e. The SMILES string of the molecule is CCCCSC(CCCC)C1Cc2c(C3=CC(F)CC=C3)cc3ccccc3c2-c2c(c(-c3cccc(F)c3)cc3ccccc23)C1. The second-order valence-electron chi connectivity index (χ2n) is 13.4. The molecule has 0 bridgehead atoms. The van der Waals surface area contributed by atoms with E-state index < -0.39 is 6.17 Å². The fraction of sp³-hybridized carbons (Fsp3) is 0.318. The molecule has 7 rings (SSSR count). The molecule has 0 spiro atoms. The topological polar surface area (TPSA) is 0 Å². The summed E-state index contributed by atoms with van der Waals surface area (Å²) in [7, 11) is 0. The van der Waals surface area contributed by atoms with Crippen molar-refractivity contribution in [2.75, 3.05) is 5.75 Å². The molecule has 5 aromatic rings. The molecular formula is C44H44F2S. The third kappa shape index (κ3) is 6.44. The van der Waals surface area contributed by atoms with Crippen LogP contribution in [0.4, 0.5) is 8.78 Å². The predicted molar refractivity (Wildman–Crippen MR) is 200 cm³/mol. The van der Waals surface area contributed by atoms with Gasteiger partial charge in [-0.1, -0.05) is 106 Å². The standard InChI is InChI=1S/C44H44F2S/c1-3-5-21-42(47-22-6-4-2)33-27-40-38(29-15-11-17-34(45)23-29)25-31-13-7-9-19-36(31)43(40)44-37-20-10-8-14-32(37)26-39(41(44)28-33)30-16-12-18-35(46)24-30/h7-17,19-20,23-26,33,35,42H,3-6,18,21-22,27-28H2,1-2H3. The van der Waals surface area contributed by atoms with Crippen LogP contribution >= 0.6 is 11.8 Å². The lowest BCUT2D eigenvalue weighted by Crippen LogP contribution is -2.23. The Balaban J connectivity index is 1.59. The zero-order valence-electron chi connectivity index (χ0n) is 27.6. The van der Waals surface area contributed by atoms with Crippen molar-refractivity contribution in [3.63, 3.8) is 0 Å². The van der Waals surface area contributed by atoms with Crippen LogP contribution in [0.2, 0.25) is 0 Å². The lowest BCUT2D eigenvalue weighted by atomic mass is 9.81. The Morgan fingerprint density at radius 3 is 2.09 bits per heavy atom. The van der Waals surface area contributed by atoms with Crippen molar-refractivity contribution in [3.8, 4) is 22.3 Å². The molecule has 0 fully saturated rings. The van der Waals surface area contributed by atoms with Crippen molar-refractivity contribution in [1.29, 1.82) is 0 Å². The molecule has 240 valence electrons. The zero-order chi connectivity index (χ0) is 32.3. The Bertz CT molecular complexity index is 1970. The number of halogens is 2. The van der Waals surface area contributed by atoms with Crippen LogP contribution < -0.4 is 0 Å². The van der Waals surface area contributed by atoms with Crippen LogP contribution in [0.1, 0.15) is 69.1 Å². The van der Waals surface area contributed by atoms with Gasteiger partial charge in [0, 0.05) is 11.7 Å². The quantitative estimate of drug-likeness (QED) is 0.137. The Morgan fingerprint density at radius 2 is 1.43 bits per heavy atom. The fourth-order valence-electron chi connectivity index (χ4n) is 7.87. The molecule has 5 aromatic carbocycles. The molecular weight excluding hydrogens is 599 g/mol. The van der Waals surface area contributed by atoms with Crippen molar-refractivity contribution in [2.45, 2.75) is 76.6 Å². The van der Waals surface area contributed by atoms with Crippen LogP contribution in [0.25, 0.3) is 49.4 Å². The minimum atomic E-state index is -0.978. The van der Waals surface area contributed by atoms with E-state index in [1.165, 1.54) is 76.6 Å². The first-order valence-electron chi connectivity index (χ1n) is 17.6. The van der Waals surface area contributed by atoms with Crippen LogP contribution in [0.3, 0.4) is 0 Å². The van der Waals surface area contributed by atoms with E-state index in [4.69, 9.17) is 0 Å². The minimum Gasteiger partial charge on any atom is -0.243 e. The summed E-state index contributed by atoms with van der Waals surface area (Å²) in [6.07, 6.45) is 13.2. The number of allylic oxidation sites excluding steroid dienone is 4. The van der Waals surface area contributed by atoms with Crippen molar-refractivity contribution in [2.24, 2.45) is 5.92 Å². The third-order valence-electron chi connectivity index (χ3n) is 10.2. The third-order valence-corrected chi connectivity index (χ3v) is 11.7. The van der Waals surface area contributed by atoms with E-state index in [0.717, 1.165) is 46.2 Å². The summed E-state index contributed by atoms with van der Waals surface area (Å²) in [5.41, 5.74) is 9.38. The Hall–Kier alpha value is -3.69. The highest BCUT2D eigenvalue weighted by Gasteiger charge is 2.33. The zero-order valence-corrected chi connectivity index (χ0v) is 28.4. The van der Waals surface area contributed by atoms with Gasteiger partial charge in [-0.25, -0.2) is 8.78 Å². The predicted octanol–water partition coefficient (Wildman–Crippen LogP) is 13.0. The Kier molecular flexibility index (Phi) is 9.63. The van der Waals surface area contributed by atoms with Crippen LogP contribution in [0.15, 0.2) is 103 Å². The number of fused-ring (bicyclic) bond motifs is 7. The molecule has 0 aromatic heterocycles. The molecule has 47 heavy (non-hydrogen) atoms. The molecule has 3 heteroatoms. The molecule has 0 heterocycles. The van der Waals surface area contributed by atoms with Crippen molar-refractivity contribution < 1.29 is 8.78 Å². The van der Waals surface area contributed by atoms with Gasteiger partial charge in [0.25, 0.3) is 0 Å². The smallest absolute Gasteiger partial charge is 0.123 e. The summed E-state index contributed by atoms with van der Waals surface area (Å²) < 4.78 is 29.9. The first-order valence-corrected chi connectivity index (χ1v) is 18.6. The lowest BCUT2D eigenvalue weighted by molar-refractivity contribution is 0.403. The van der Waals surface area contributed by atoms with Gasteiger partial charge < -0.3 is 0 Å². The van der Waals surface area contributed by atoms with Gasteiger partial charge in [0.1, 0.15) is 12.0 Å². The molecule has 0 amide bonds. The highest BCUT2D eigenvalue weighted by atomic mass is 32.2. The van der Waals surface area contributed by atoms with Crippen LogP contribution in [-0.4, -0.2) is 17.2 Å². The number of hydrogen-bond acceptors (Lipinski definition) is 1. The first-order chi connectivity index (χ1) is 23.1. The highest BCUT2D eigenvalue weighted by molar-refractivity contribution is 7.99. The number of alkyl halides is 1. The van der Waals surface area contributed by atoms with Gasteiger partial charge in [-0.05, 0) is 134 Å². The fourth-order valence-corrected chi connectivity index (χ4v) is 9.43. The molecule has 3 atom stereocenters. The molecule has 3 unspecified atom stereocenters. The average molecular weight is 643 g/mol. The molecule has 2 aliphatic rings. The van der Waals surface area contributed by atoms with E-state index in [2.05, 4.69) is 98.4 Å². The number of thioether (sulfide) groups is 1. The summed E-state index contributed by atoms with van der Waals surface area (Å²) in [4.78, 5) is 0. The van der Waals surface area contributed by atoms with E-state index in [-0.39, 0.29) is 5.82 Å². The van der Waals surface area contributed by atoms with Gasteiger partial charge in [0.05, 0.1) is 0 Å². The van der Waals surface area contributed by atoms with E-state index >= 15 is 4.39 Å². The van der Waals surface area contributed by atoms with Crippen molar-refractivity contribution in [3.05, 3.63) is 126 Å². The van der Waals surface area contributed by atoms with Crippen LogP contribution in [-0.2, 0) is 12.8 Å². The molecule has 0 radical (unpaired) electrons. The monoisotopic (exact) mass is 642 g/mol. The van der Waals surface area contributed by atoms with Crippen molar-refractivity contribution in [1.82, 2.24) is 0 Å². The van der Waals surface area contributed by atoms with E-state index in [0.29, 0.717) is 17.6 Å². The maximum Gasteiger partial charge on any atom is 0.123 e. The van der Waals surface area contributed by atoms with Gasteiger partial charge in [0.15, 0.2) is 0 Å². The Morgan fingerprint density at radius 1 is 0.766 bits per heavy atom. The van der Waals surface area contributed by atoms with E-state index in [1.54, 1.807) is 6.07 Å². The summed E-state index contributed by atoms with van der Waals surface area (Å²) in [5, 5.41) is 5.28. The number of benzene rings is 5. The summed E-state index contributed by atoms with van der Waals surface area (Å²) in [6, 6.07) is 29.1. The number of unbranched alkanes of at least 4 members (excludes halogenated alkanes) is 2. The van der Waals surface area contributed by atoms with Crippen LogP contribution in [0.5, 0.6) is 0 Å². The maximum absolute atomic E-state index is 15.0.